The molecule has 0 bridgehead atoms. The first-order chi connectivity index (χ1) is 14.6. The van der Waals surface area contributed by atoms with Gasteiger partial charge in [0.05, 0.1) is 5.69 Å². The summed E-state index contributed by atoms with van der Waals surface area (Å²) in [4.78, 5) is 16.4. The highest BCUT2D eigenvalue weighted by molar-refractivity contribution is 7.99. The van der Waals surface area contributed by atoms with Crippen molar-refractivity contribution in [1.82, 2.24) is 24.8 Å². The maximum atomic E-state index is 6.09. The zero-order valence-corrected chi connectivity index (χ0v) is 17.9. The van der Waals surface area contributed by atoms with Crippen LogP contribution in [0.25, 0.3) is 11.2 Å². The monoisotopic (exact) mass is 427 g/mol. The van der Waals surface area contributed by atoms with Crippen molar-refractivity contribution in [1.29, 1.82) is 0 Å². The van der Waals surface area contributed by atoms with Gasteiger partial charge in [0, 0.05) is 44.2 Å². The van der Waals surface area contributed by atoms with Gasteiger partial charge in [-0.2, -0.15) is 0 Å². The molecule has 30 heavy (non-hydrogen) atoms. The van der Waals surface area contributed by atoms with Gasteiger partial charge in [-0.25, -0.2) is 15.0 Å². The lowest BCUT2D eigenvalue weighted by Gasteiger charge is -2.18. The minimum absolute atomic E-state index is 0.244. The van der Waals surface area contributed by atoms with E-state index in [-0.39, 0.29) is 6.79 Å². The second kappa shape index (κ2) is 7.84. The lowest BCUT2D eigenvalue weighted by Crippen LogP contribution is -2.22. The predicted octanol–water partition coefficient (Wildman–Crippen LogP) is 2.35. The highest BCUT2D eigenvalue weighted by atomic mass is 32.2. The number of nitrogens with two attached hydrogens (primary N) is 1. The molecule has 2 aliphatic rings. The van der Waals surface area contributed by atoms with Gasteiger partial charge in [-0.15, -0.1) is 0 Å². The molecule has 0 radical (unpaired) electrons. The van der Waals surface area contributed by atoms with Gasteiger partial charge in [-0.05, 0) is 37.1 Å². The number of hydrogen-bond acceptors (Lipinski definition) is 9. The first kappa shape index (κ1) is 19.3. The van der Waals surface area contributed by atoms with E-state index < -0.39 is 0 Å². The standard InChI is InChI=1S/C20H25N7O2S/c1-26(2)13-7-14-15(29-11-28-14)8-16(13)30-20-25-17-18(21)23-10-24-19(17)27(20)6-5-22-9-12-3-4-12/h7-8,10,12,22H,3-6,9,11H2,1-2H3,(H2,21,23,24). The summed E-state index contributed by atoms with van der Waals surface area (Å²) in [6.45, 7) is 2.91. The summed E-state index contributed by atoms with van der Waals surface area (Å²) in [7, 11) is 4.02. The van der Waals surface area contributed by atoms with Gasteiger partial charge < -0.3 is 30.0 Å². The average molecular weight is 428 g/mol. The molecule has 3 heterocycles. The number of ether oxygens (including phenoxy) is 2. The summed E-state index contributed by atoms with van der Waals surface area (Å²) in [5.41, 5.74) is 8.51. The van der Waals surface area contributed by atoms with E-state index in [0.29, 0.717) is 11.3 Å². The third-order valence-electron chi connectivity index (χ3n) is 5.30. The molecular weight excluding hydrogens is 402 g/mol. The van der Waals surface area contributed by atoms with Crippen LogP contribution < -0.4 is 25.4 Å². The molecule has 1 fully saturated rings. The number of hydrogen-bond donors (Lipinski definition) is 2. The van der Waals surface area contributed by atoms with E-state index >= 15 is 0 Å². The topological polar surface area (TPSA) is 103 Å². The van der Waals surface area contributed by atoms with Crippen LogP contribution in [0.3, 0.4) is 0 Å². The van der Waals surface area contributed by atoms with Crippen molar-refractivity contribution in [2.45, 2.75) is 29.4 Å². The Bertz CT molecular complexity index is 1080. The number of nitrogens with one attached hydrogen (secondary N) is 1. The minimum Gasteiger partial charge on any atom is -0.454 e. The zero-order valence-electron chi connectivity index (χ0n) is 17.1. The number of imidazole rings is 1. The largest absolute Gasteiger partial charge is 0.454 e. The molecule has 2 aromatic heterocycles. The summed E-state index contributed by atoms with van der Waals surface area (Å²) in [5, 5.41) is 4.37. The second-order valence-corrected chi connectivity index (χ2v) is 8.80. The lowest BCUT2D eigenvalue weighted by atomic mass is 10.2. The fourth-order valence-corrected chi connectivity index (χ4v) is 4.61. The number of anilines is 2. The van der Waals surface area contributed by atoms with Crippen molar-refractivity contribution < 1.29 is 9.47 Å². The van der Waals surface area contributed by atoms with E-state index in [4.69, 9.17) is 20.2 Å². The fraction of sp³-hybridized carbons (Fsp3) is 0.450. The van der Waals surface area contributed by atoms with E-state index in [9.17, 15) is 0 Å². The first-order valence-electron chi connectivity index (χ1n) is 10.1. The molecule has 0 unspecified atom stereocenters. The molecule has 1 aliphatic heterocycles. The molecule has 0 saturated heterocycles. The normalized spacial score (nSPS) is 15.1. The van der Waals surface area contributed by atoms with Gasteiger partial charge >= 0.3 is 0 Å². The Morgan fingerprint density at radius 1 is 1.23 bits per heavy atom. The van der Waals surface area contributed by atoms with E-state index in [0.717, 1.165) is 58.4 Å². The SMILES string of the molecule is CN(C)c1cc2c(cc1Sc1nc3c(N)ncnc3n1CCNCC1CC1)OCO2. The quantitative estimate of drug-likeness (QED) is 0.524. The molecule has 0 spiro atoms. The molecule has 1 aromatic carbocycles. The maximum absolute atomic E-state index is 6.09. The molecule has 3 aromatic rings. The third-order valence-corrected chi connectivity index (χ3v) is 6.35. The van der Waals surface area contributed by atoms with E-state index in [1.54, 1.807) is 11.8 Å². The van der Waals surface area contributed by atoms with Crippen molar-refractivity contribution >= 4 is 34.4 Å². The van der Waals surface area contributed by atoms with Crippen molar-refractivity contribution in [3.8, 4) is 11.5 Å². The van der Waals surface area contributed by atoms with Crippen LogP contribution in [-0.2, 0) is 6.54 Å². The van der Waals surface area contributed by atoms with Gasteiger partial charge in [-0.1, -0.05) is 0 Å². The molecular formula is C20H25N7O2S. The highest BCUT2D eigenvalue weighted by Gasteiger charge is 2.23. The van der Waals surface area contributed by atoms with Gasteiger partial charge in [0.2, 0.25) is 6.79 Å². The second-order valence-electron chi connectivity index (χ2n) is 7.79. The Hall–Kier alpha value is -2.72. The van der Waals surface area contributed by atoms with Crippen LogP contribution in [0.2, 0.25) is 0 Å². The van der Waals surface area contributed by atoms with Gasteiger partial charge in [0.15, 0.2) is 33.6 Å². The molecule has 5 rings (SSSR count). The molecule has 9 nitrogen and oxygen atoms in total. The average Bonchev–Trinajstić information content (AvgIpc) is 3.32. The number of benzene rings is 1. The predicted molar refractivity (Wildman–Crippen MR) is 116 cm³/mol. The Kier molecular flexibility index (Phi) is 5.03. The van der Waals surface area contributed by atoms with E-state index in [2.05, 4.69) is 24.8 Å². The van der Waals surface area contributed by atoms with E-state index in [1.807, 2.05) is 26.2 Å². The zero-order chi connectivity index (χ0) is 20.7. The van der Waals surface area contributed by atoms with Crippen LogP contribution in [-0.4, -0.2) is 53.5 Å². The van der Waals surface area contributed by atoms with Gasteiger partial charge in [0.25, 0.3) is 0 Å². The van der Waals surface area contributed by atoms with Crippen molar-refractivity contribution in [2.24, 2.45) is 5.92 Å². The number of nitrogen functional groups attached to an aromatic ring is 1. The Balaban J connectivity index is 1.49. The number of fused-ring (bicyclic) bond motifs is 2. The fourth-order valence-electron chi connectivity index (χ4n) is 3.47. The number of rotatable bonds is 8. The van der Waals surface area contributed by atoms with Crippen LogP contribution in [0.4, 0.5) is 11.5 Å². The smallest absolute Gasteiger partial charge is 0.231 e. The van der Waals surface area contributed by atoms with Crippen molar-refractivity contribution in [2.75, 3.05) is 44.6 Å². The third kappa shape index (κ3) is 3.72. The molecule has 3 N–H and O–H groups in total. The van der Waals surface area contributed by atoms with Crippen molar-refractivity contribution in [3.05, 3.63) is 18.5 Å². The van der Waals surface area contributed by atoms with Crippen LogP contribution in [0.5, 0.6) is 11.5 Å². The molecule has 0 amide bonds. The van der Waals surface area contributed by atoms with Crippen LogP contribution >= 0.6 is 11.8 Å². The summed E-state index contributed by atoms with van der Waals surface area (Å²) in [6.07, 6.45) is 4.17. The maximum Gasteiger partial charge on any atom is 0.231 e. The Labute approximate surface area is 179 Å². The molecule has 1 aliphatic carbocycles. The molecule has 0 atom stereocenters. The summed E-state index contributed by atoms with van der Waals surface area (Å²) >= 11 is 1.57. The number of aromatic nitrogens is 4. The summed E-state index contributed by atoms with van der Waals surface area (Å²) in [6, 6.07) is 4.01. The number of nitrogens with zero attached hydrogens (tertiary/aromatic N) is 5. The first-order valence-corrected chi connectivity index (χ1v) is 10.9. The highest BCUT2D eigenvalue weighted by Crippen LogP contribution is 2.44. The Morgan fingerprint density at radius 2 is 2.03 bits per heavy atom. The van der Waals surface area contributed by atoms with E-state index in [1.165, 1.54) is 19.2 Å². The van der Waals surface area contributed by atoms with Gasteiger partial charge in [-0.3, -0.25) is 0 Å². The minimum atomic E-state index is 0.244. The molecule has 10 heteroatoms. The molecule has 158 valence electrons. The summed E-state index contributed by atoms with van der Waals surface area (Å²) in [5.74, 6) is 2.74. The molecule has 1 saturated carbocycles. The lowest BCUT2D eigenvalue weighted by molar-refractivity contribution is 0.174. The Morgan fingerprint density at radius 3 is 2.80 bits per heavy atom. The van der Waals surface area contributed by atoms with Crippen LogP contribution in [0, 0.1) is 5.92 Å². The summed E-state index contributed by atoms with van der Waals surface area (Å²) < 4.78 is 13.3. The van der Waals surface area contributed by atoms with Gasteiger partial charge in [0.1, 0.15) is 6.33 Å². The van der Waals surface area contributed by atoms with Crippen molar-refractivity contribution in [3.63, 3.8) is 0 Å². The van der Waals surface area contributed by atoms with Crippen LogP contribution in [0.1, 0.15) is 12.8 Å². The van der Waals surface area contributed by atoms with Crippen LogP contribution in [0.15, 0.2) is 28.5 Å².